The fourth-order valence-corrected chi connectivity index (χ4v) is 3.80. The van der Waals surface area contributed by atoms with E-state index >= 15 is 0 Å². The summed E-state index contributed by atoms with van der Waals surface area (Å²) in [5.74, 6) is 1.93. The van der Waals surface area contributed by atoms with Crippen LogP contribution in [-0.4, -0.2) is 50.1 Å². The summed E-state index contributed by atoms with van der Waals surface area (Å²) in [5, 5.41) is 7.09. The largest absolute Gasteiger partial charge is 0.356 e. The van der Waals surface area contributed by atoms with Gasteiger partial charge in [-0.3, -0.25) is 9.89 Å². The molecule has 0 heterocycles. The average Bonchev–Trinajstić information content (AvgIpc) is 3.47. The molecule has 0 spiro atoms. The Bertz CT molecular complexity index is 591. The first-order chi connectivity index (χ1) is 12.3. The summed E-state index contributed by atoms with van der Waals surface area (Å²) >= 11 is 0. The van der Waals surface area contributed by atoms with E-state index < -0.39 is 0 Å². The molecular weight excluding hydrogens is 435 g/mol. The van der Waals surface area contributed by atoms with E-state index in [4.69, 9.17) is 0 Å². The number of halogens is 1. The fraction of sp³-hybridized carbons (Fsp3) is 0.667. The van der Waals surface area contributed by atoms with Crippen LogP contribution in [0.1, 0.15) is 44.1 Å². The van der Waals surface area contributed by atoms with Gasteiger partial charge in [0, 0.05) is 44.7 Å². The zero-order valence-electron chi connectivity index (χ0n) is 15.9. The maximum absolute atomic E-state index is 4.42. The van der Waals surface area contributed by atoms with Crippen molar-refractivity contribution in [3.05, 3.63) is 35.9 Å². The normalized spacial score (nSPS) is 21.2. The summed E-state index contributed by atoms with van der Waals surface area (Å²) < 4.78 is 0. The van der Waals surface area contributed by atoms with Crippen molar-refractivity contribution in [1.82, 2.24) is 15.5 Å². The second-order valence-corrected chi connectivity index (χ2v) is 8.17. The maximum Gasteiger partial charge on any atom is 0.191 e. The molecule has 3 saturated carbocycles. The molecule has 0 atom stereocenters. The molecule has 0 aromatic heterocycles. The van der Waals surface area contributed by atoms with Crippen LogP contribution in [0.15, 0.2) is 35.3 Å². The molecule has 3 fully saturated rings. The molecule has 1 aromatic carbocycles. The predicted octanol–water partition coefficient (Wildman–Crippen LogP) is 3.38. The minimum absolute atomic E-state index is 0. The lowest BCUT2D eigenvalue weighted by atomic mass is 9.96. The Kier molecular flexibility index (Phi) is 6.83. The van der Waals surface area contributed by atoms with Gasteiger partial charge < -0.3 is 10.6 Å². The van der Waals surface area contributed by atoms with Gasteiger partial charge in [-0.1, -0.05) is 30.3 Å². The zero-order valence-corrected chi connectivity index (χ0v) is 18.2. The molecule has 26 heavy (non-hydrogen) atoms. The number of benzene rings is 1. The fourth-order valence-electron chi connectivity index (χ4n) is 3.80. The highest BCUT2D eigenvalue weighted by atomic mass is 127. The van der Waals surface area contributed by atoms with E-state index in [0.717, 1.165) is 37.6 Å². The summed E-state index contributed by atoms with van der Waals surface area (Å²) in [4.78, 5) is 7.12. The molecule has 0 aliphatic heterocycles. The van der Waals surface area contributed by atoms with Crippen LogP contribution >= 0.6 is 24.0 Å². The van der Waals surface area contributed by atoms with Crippen LogP contribution in [0.3, 0.4) is 0 Å². The number of guanidine groups is 1. The van der Waals surface area contributed by atoms with Gasteiger partial charge in [0.25, 0.3) is 0 Å². The first-order valence-electron chi connectivity index (χ1n) is 10.0. The molecule has 4 nitrogen and oxygen atoms in total. The molecule has 144 valence electrons. The van der Waals surface area contributed by atoms with Gasteiger partial charge in [0.2, 0.25) is 0 Å². The summed E-state index contributed by atoms with van der Waals surface area (Å²) in [7, 11) is 1.88. The van der Waals surface area contributed by atoms with Crippen molar-refractivity contribution in [2.45, 2.75) is 50.0 Å². The quantitative estimate of drug-likeness (QED) is 0.332. The van der Waals surface area contributed by atoms with Crippen molar-refractivity contribution in [1.29, 1.82) is 0 Å². The lowest BCUT2D eigenvalue weighted by Crippen LogP contribution is -2.44. The van der Waals surface area contributed by atoms with Crippen LogP contribution in [0, 0.1) is 5.92 Å². The monoisotopic (exact) mass is 468 g/mol. The number of nitrogens with zero attached hydrogens (tertiary/aromatic N) is 2. The highest BCUT2D eigenvalue weighted by Gasteiger charge is 2.44. The Morgan fingerprint density at radius 3 is 2.42 bits per heavy atom. The summed E-state index contributed by atoms with van der Waals surface area (Å²) in [6, 6.07) is 11.8. The standard InChI is InChI=1S/C21H32N4.HI/c1-22-20(23-13-14-25(19-9-10-19)15-17-7-8-17)24-16-21(11-12-21)18-5-3-2-4-6-18;/h2-6,17,19H,7-16H2,1H3,(H2,22,23,24);1H. The lowest BCUT2D eigenvalue weighted by Gasteiger charge is -2.23. The molecule has 0 unspecified atom stereocenters. The molecule has 1 aromatic rings. The SMILES string of the molecule is CN=C(NCCN(CC1CC1)C1CC1)NCC1(c2ccccc2)CC1.I. The lowest BCUT2D eigenvalue weighted by molar-refractivity contribution is 0.256. The van der Waals surface area contributed by atoms with Gasteiger partial charge in [-0.15, -0.1) is 24.0 Å². The Morgan fingerprint density at radius 1 is 1.12 bits per heavy atom. The summed E-state index contributed by atoms with van der Waals surface area (Å²) in [6.07, 6.45) is 8.25. The zero-order chi connectivity index (χ0) is 17.1. The second-order valence-electron chi connectivity index (χ2n) is 8.17. The van der Waals surface area contributed by atoms with Crippen LogP contribution < -0.4 is 10.6 Å². The Balaban J connectivity index is 0.00000196. The van der Waals surface area contributed by atoms with Gasteiger partial charge in [-0.2, -0.15) is 0 Å². The molecular formula is C21H33IN4. The number of aliphatic imine (C=N–C) groups is 1. The molecule has 5 heteroatoms. The van der Waals surface area contributed by atoms with Crippen LogP contribution in [0.2, 0.25) is 0 Å². The van der Waals surface area contributed by atoms with Crippen molar-refractivity contribution in [3.63, 3.8) is 0 Å². The minimum Gasteiger partial charge on any atom is -0.356 e. The Hall–Kier alpha value is -0.820. The van der Waals surface area contributed by atoms with Crippen molar-refractivity contribution in [3.8, 4) is 0 Å². The van der Waals surface area contributed by atoms with Crippen molar-refractivity contribution in [2.75, 3.05) is 33.2 Å². The number of hydrogen-bond donors (Lipinski definition) is 2. The van der Waals surface area contributed by atoms with E-state index in [2.05, 4.69) is 50.9 Å². The number of hydrogen-bond acceptors (Lipinski definition) is 2. The second kappa shape index (κ2) is 8.91. The van der Waals surface area contributed by atoms with E-state index in [-0.39, 0.29) is 24.0 Å². The van der Waals surface area contributed by atoms with E-state index in [9.17, 15) is 0 Å². The third kappa shape index (κ3) is 5.35. The predicted molar refractivity (Wildman–Crippen MR) is 119 cm³/mol. The van der Waals surface area contributed by atoms with Crippen LogP contribution in [0.4, 0.5) is 0 Å². The summed E-state index contributed by atoms with van der Waals surface area (Å²) in [5.41, 5.74) is 1.78. The third-order valence-electron chi connectivity index (χ3n) is 6.00. The Labute approximate surface area is 175 Å². The van der Waals surface area contributed by atoms with Gasteiger partial charge in [0.1, 0.15) is 0 Å². The van der Waals surface area contributed by atoms with Crippen LogP contribution in [-0.2, 0) is 5.41 Å². The average molecular weight is 468 g/mol. The van der Waals surface area contributed by atoms with Gasteiger partial charge in [-0.05, 0) is 50.0 Å². The van der Waals surface area contributed by atoms with Crippen molar-refractivity contribution < 1.29 is 0 Å². The van der Waals surface area contributed by atoms with Crippen LogP contribution in [0.25, 0.3) is 0 Å². The molecule has 0 saturated heterocycles. The third-order valence-corrected chi connectivity index (χ3v) is 6.00. The minimum atomic E-state index is 0. The van der Waals surface area contributed by atoms with E-state index in [1.54, 1.807) is 0 Å². The maximum atomic E-state index is 4.42. The van der Waals surface area contributed by atoms with Crippen molar-refractivity contribution >= 4 is 29.9 Å². The number of nitrogens with one attached hydrogen (secondary N) is 2. The first-order valence-corrected chi connectivity index (χ1v) is 10.0. The molecule has 3 aliphatic rings. The van der Waals surface area contributed by atoms with Gasteiger partial charge >= 0.3 is 0 Å². The smallest absolute Gasteiger partial charge is 0.191 e. The van der Waals surface area contributed by atoms with E-state index in [1.807, 2.05) is 7.05 Å². The number of rotatable bonds is 9. The van der Waals surface area contributed by atoms with E-state index in [1.165, 1.54) is 50.6 Å². The summed E-state index contributed by atoms with van der Waals surface area (Å²) in [6.45, 7) is 4.42. The first kappa shape index (κ1) is 19.9. The van der Waals surface area contributed by atoms with Crippen LogP contribution in [0.5, 0.6) is 0 Å². The molecule has 0 radical (unpaired) electrons. The molecule has 0 amide bonds. The molecule has 0 bridgehead atoms. The highest BCUT2D eigenvalue weighted by molar-refractivity contribution is 14.0. The molecule has 4 rings (SSSR count). The van der Waals surface area contributed by atoms with Gasteiger partial charge in [0.05, 0.1) is 0 Å². The Morgan fingerprint density at radius 2 is 1.85 bits per heavy atom. The van der Waals surface area contributed by atoms with Gasteiger partial charge in [-0.25, -0.2) is 0 Å². The van der Waals surface area contributed by atoms with Gasteiger partial charge in [0.15, 0.2) is 5.96 Å². The molecule has 2 N–H and O–H groups in total. The van der Waals surface area contributed by atoms with Crippen molar-refractivity contribution in [2.24, 2.45) is 10.9 Å². The molecule has 3 aliphatic carbocycles. The highest BCUT2D eigenvalue weighted by Crippen LogP contribution is 2.47. The topological polar surface area (TPSA) is 39.7 Å². The van der Waals surface area contributed by atoms with E-state index in [0.29, 0.717) is 5.41 Å².